The van der Waals surface area contributed by atoms with Crippen molar-refractivity contribution in [3.63, 3.8) is 0 Å². The lowest BCUT2D eigenvalue weighted by molar-refractivity contribution is -0.116. The summed E-state index contributed by atoms with van der Waals surface area (Å²) in [7, 11) is 0. The first-order valence-electron chi connectivity index (χ1n) is 12.7. The summed E-state index contributed by atoms with van der Waals surface area (Å²) in [6, 6.07) is 16.6. The predicted molar refractivity (Wildman–Crippen MR) is 135 cm³/mol. The summed E-state index contributed by atoms with van der Waals surface area (Å²) in [5.41, 5.74) is 3.87. The molecule has 2 aliphatic heterocycles. The molecule has 176 valence electrons. The van der Waals surface area contributed by atoms with Crippen molar-refractivity contribution < 1.29 is 9.59 Å². The number of rotatable bonds is 7. The molecule has 2 fully saturated rings. The Morgan fingerprint density at radius 1 is 0.939 bits per heavy atom. The maximum Gasteiger partial charge on any atom is 0.256 e. The largest absolute Gasteiger partial charge is 0.371 e. The average Bonchev–Trinajstić information content (AvgIpc) is 2.85. The Labute approximate surface area is 198 Å². The molecule has 0 radical (unpaired) electrons. The first-order valence-corrected chi connectivity index (χ1v) is 12.7. The van der Waals surface area contributed by atoms with Crippen LogP contribution in [0.2, 0.25) is 0 Å². The number of carbonyl (C=O) groups excluding carboxylic acids is 2. The van der Waals surface area contributed by atoms with Crippen LogP contribution in [0.1, 0.15) is 67.8 Å². The third-order valence-electron chi connectivity index (χ3n) is 6.95. The molecule has 2 amide bonds. The number of carbonyl (C=O) groups is 2. The Bertz CT molecular complexity index is 929. The Morgan fingerprint density at radius 2 is 1.67 bits per heavy atom. The molecule has 0 aliphatic carbocycles. The molecule has 0 spiro atoms. The summed E-state index contributed by atoms with van der Waals surface area (Å²) in [4.78, 5) is 30.0. The zero-order valence-electron chi connectivity index (χ0n) is 19.9. The molecule has 0 unspecified atom stereocenters. The highest BCUT2D eigenvalue weighted by Gasteiger charge is 2.26. The van der Waals surface area contributed by atoms with Crippen molar-refractivity contribution >= 4 is 23.2 Å². The Hall–Kier alpha value is -2.82. The van der Waals surface area contributed by atoms with Crippen LogP contribution in [0.3, 0.4) is 0 Å². The third-order valence-corrected chi connectivity index (χ3v) is 6.95. The number of likely N-dealkylation sites (tertiary alicyclic amines) is 1. The van der Waals surface area contributed by atoms with Gasteiger partial charge in [-0.1, -0.05) is 37.3 Å². The molecular formula is C28H37N3O2. The van der Waals surface area contributed by atoms with Crippen LogP contribution in [0, 0.1) is 5.92 Å². The van der Waals surface area contributed by atoms with Gasteiger partial charge >= 0.3 is 0 Å². The van der Waals surface area contributed by atoms with Crippen molar-refractivity contribution in [2.45, 2.75) is 58.3 Å². The van der Waals surface area contributed by atoms with Gasteiger partial charge in [0.1, 0.15) is 0 Å². The number of hydrogen-bond donors (Lipinski definition) is 1. The maximum atomic E-state index is 13.5. The first-order chi connectivity index (χ1) is 16.1. The molecular weight excluding hydrogens is 410 g/mol. The van der Waals surface area contributed by atoms with E-state index < -0.39 is 0 Å². The highest BCUT2D eigenvalue weighted by Crippen LogP contribution is 2.31. The van der Waals surface area contributed by atoms with Crippen molar-refractivity contribution in [3.8, 4) is 0 Å². The van der Waals surface area contributed by atoms with E-state index in [0.717, 1.165) is 81.6 Å². The number of anilines is 2. The quantitative estimate of drug-likeness (QED) is 0.609. The SMILES string of the molecule is CCCC(=O)Nc1ccc(N2CCC(Cc3ccccc3)CC2)c(C(=O)N2CCCCC2)c1. The topological polar surface area (TPSA) is 52.7 Å². The van der Waals surface area contributed by atoms with Crippen molar-refractivity contribution in [1.82, 2.24) is 4.90 Å². The number of nitrogens with zero attached hydrogens (tertiary/aromatic N) is 2. The van der Waals surface area contributed by atoms with Crippen LogP contribution in [0.5, 0.6) is 0 Å². The van der Waals surface area contributed by atoms with Gasteiger partial charge in [-0.15, -0.1) is 0 Å². The van der Waals surface area contributed by atoms with Gasteiger partial charge in [-0.05, 0) is 74.6 Å². The van der Waals surface area contributed by atoms with Crippen LogP contribution in [-0.4, -0.2) is 42.9 Å². The van der Waals surface area contributed by atoms with E-state index in [1.807, 2.05) is 30.0 Å². The molecule has 5 heteroatoms. The van der Waals surface area contributed by atoms with Crippen molar-refractivity contribution in [2.75, 3.05) is 36.4 Å². The number of nitrogens with one attached hydrogen (secondary N) is 1. The number of piperidine rings is 2. The van der Waals surface area contributed by atoms with Gasteiger partial charge in [-0.3, -0.25) is 9.59 Å². The van der Waals surface area contributed by atoms with Crippen LogP contribution in [0.4, 0.5) is 11.4 Å². The molecule has 2 saturated heterocycles. The molecule has 0 saturated carbocycles. The molecule has 2 heterocycles. The zero-order valence-corrected chi connectivity index (χ0v) is 19.9. The zero-order chi connectivity index (χ0) is 23.0. The molecule has 0 bridgehead atoms. The van der Waals surface area contributed by atoms with Crippen molar-refractivity contribution in [1.29, 1.82) is 0 Å². The minimum absolute atomic E-state index is 0.00310. The highest BCUT2D eigenvalue weighted by atomic mass is 16.2. The van der Waals surface area contributed by atoms with Gasteiger partial charge in [-0.2, -0.15) is 0 Å². The molecule has 0 atom stereocenters. The number of amides is 2. The monoisotopic (exact) mass is 447 g/mol. The minimum atomic E-state index is 0.00310. The normalized spacial score (nSPS) is 17.1. The van der Waals surface area contributed by atoms with Crippen LogP contribution >= 0.6 is 0 Å². The molecule has 1 N–H and O–H groups in total. The molecule has 2 aromatic carbocycles. The molecule has 4 rings (SSSR count). The van der Waals surface area contributed by atoms with Gasteiger partial charge in [0, 0.05) is 44.0 Å². The van der Waals surface area contributed by atoms with Gasteiger partial charge in [0.05, 0.1) is 5.56 Å². The standard InChI is InChI=1S/C28H37N3O2/c1-2-9-27(32)29-24-12-13-26(25(21-24)28(33)31-16-7-4-8-17-31)30-18-14-23(15-19-30)20-22-10-5-3-6-11-22/h3,5-6,10-13,21,23H,2,4,7-9,14-20H2,1H3,(H,29,32). The van der Waals surface area contributed by atoms with Gasteiger partial charge in [-0.25, -0.2) is 0 Å². The van der Waals surface area contributed by atoms with Gasteiger partial charge in [0.25, 0.3) is 5.91 Å². The van der Waals surface area contributed by atoms with Crippen molar-refractivity contribution in [3.05, 3.63) is 59.7 Å². The fraction of sp³-hybridized carbons (Fsp3) is 0.500. The van der Waals surface area contributed by atoms with E-state index in [1.165, 1.54) is 12.0 Å². The second-order valence-electron chi connectivity index (χ2n) is 9.50. The summed E-state index contributed by atoms with van der Waals surface area (Å²) in [5, 5.41) is 2.98. The third kappa shape index (κ3) is 6.16. The number of benzene rings is 2. The smallest absolute Gasteiger partial charge is 0.256 e. The number of hydrogen-bond acceptors (Lipinski definition) is 3. The van der Waals surface area contributed by atoms with Gasteiger partial charge < -0.3 is 15.1 Å². The second kappa shape index (κ2) is 11.4. The Balaban J connectivity index is 1.50. The lowest BCUT2D eigenvalue weighted by Crippen LogP contribution is -2.39. The lowest BCUT2D eigenvalue weighted by atomic mass is 9.89. The van der Waals surface area contributed by atoms with Crippen LogP contribution in [0.15, 0.2) is 48.5 Å². The van der Waals surface area contributed by atoms with Crippen LogP contribution < -0.4 is 10.2 Å². The van der Waals surface area contributed by atoms with E-state index >= 15 is 0 Å². The lowest BCUT2D eigenvalue weighted by Gasteiger charge is -2.36. The van der Waals surface area contributed by atoms with Crippen LogP contribution in [-0.2, 0) is 11.2 Å². The predicted octanol–water partition coefficient (Wildman–Crippen LogP) is 5.51. The molecule has 5 nitrogen and oxygen atoms in total. The Kier molecular flexibility index (Phi) is 8.03. The Morgan fingerprint density at radius 3 is 2.36 bits per heavy atom. The van der Waals surface area contributed by atoms with E-state index in [0.29, 0.717) is 12.3 Å². The van der Waals surface area contributed by atoms with Gasteiger partial charge in [0.15, 0.2) is 0 Å². The summed E-state index contributed by atoms with van der Waals surface area (Å²) in [6.07, 6.45) is 8.00. The van der Waals surface area contributed by atoms with Gasteiger partial charge in [0.2, 0.25) is 5.91 Å². The fourth-order valence-electron chi connectivity index (χ4n) is 5.10. The van der Waals surface area contributed by atoms with E-state index in [9.17, 15) is 9.59 Å². The molecule has 2 aliphatic rings. The summed E-state index contributed by atoms with van der Waals surface area (Å²) < 4.78 is 0. The molecule has 0 aromatic heterocycles. The van der Waals surface area contributed by atoms with E-state index in [-0.39, 0.29) is 11.8 Å². The van der Waals surface area contributed by atoms with Crippen molar-refractivity contribution in [2.24, 2.45) is 5.92 Å². The average molecular weight is 448 g/mol. The summed E-state index contributed by atoms with van der Waals surface area (Å²) in [5.74, 6) is 0.781. The van der Waals surface area contributed by atoms with E-state index in [4.69, 9.17) is 0 Å². The summed E-state index contributed by atoms with van der Waals surface area (Å²) >= 11 is 0. The maximum absolute atomic E-state index is 13.5. The fourth-order valence-corrected chi connectivity index (χ4v) is 5.10. The highest BCUT2D eigenvalue weighted by molar-refractivity contribution is 6.02. The van der Waals surface area contributed by atoms with E-state index in [2.05, 4.69) is 40.5 Å². The first kappa shape index (κ1) is 23.3. The molecule has 2 aromatic rings. The minimum Gasteiger partial charge on any atom is -0.371 e. The second-order valence-corrected chi connectivity index (χ2v) is 9.50. The summed E-state index contributed by atoms with van der Waals surface area (Å²) in [6.45, 7) is 5.56. The molecule has 33 heavy (non-hydrogen) atoms. The van der Waals surface area contributed by atoms with Crippen LogP contribution in [0.25, 0.3) is 0 Å². The van der Waals surface area contributed by atoms with E-state index in [1.54, 1.807) is 0 Å².